The van der Waals surface area contributed by atoms with Gasteiger partial charge in [-0.05, 0) is 44.2 Å². The fraction of sp³-hybridized carbons (Fsp3) is 0.667. The molecule has 1 aliphatic carbocycles. The highest BCUT2D eigenvalue weighted by Crippen LogP contribution is 2.37. The van der Waals surface area contributed by atoms with Gasteiger partial charge in [-0.2, -0.15) is 0 Å². The number of rotatable bonds is 5. The third kappa shape index (κ3) is 3.37. The molecular formula is C15H24N2O. The highest BCUT2D eigenvalue weighted by molar-refractivity contribution is 5.49. The van der Waals surface area contributed by atoms with Crippen molar-refractivity contribution in [2.75, 3.05) is 11.9 Å². The van der Waals surface area contributed by atoms with Crippen molar-refractivity contribution < 1.29 is 4.74 Å². The van der Waals surface area contributed by atoms with Crippen LogP contribution in [0.1, 0.15) is 46.5 Å². The summed E-state index contributed by atoms with van der Waals surface area (Å²) in [5.74, 6) is 1.73. The van der Waals surface area contributed by atoms with Gasteiger partial charge >= 0.3 is 0 Å². The molecule has 0 aliphatic heterocycles. The van der Waals surface area contributed by atoms with Crippen molar-refractivity contribution in [3.63, 3.8) is 0 Å². The number of hydrogen-bond acceptors (Lipinski definition) is 3. The molecule has 3 nitrogen and oxygen atoms in total. The minimum atomic E-state index is 0.178. The first-order valence-corrected chi connectivity index (χ1v) is 6.95. The Morgan fingerprint density at radius 2 is 2.11 bits per heavy atom. The van der Waals surface area contributed by atoms with Crippen molar-refractivity contribution in [1.82, 2.24) is 4.98 Å². The lowest BCUT2D eigenvalue weighted by molar-refractivity contribution is 0.242. The standard InChI is InChI=1S/C15H24N2O/c1-12(2)18-13-7-6-10-16-14(13)17-11-15(3)8-4-5-9-15/h6-7,10,12H,4-5,8-9,11H2,1-3H3,(H,16,17). The molecule has 2 rings (SSSR count). The lowest BCUT2D eigenvalue weighted by Gasteiger charge is -2.24. The number of anilines is 1. The minimum absolute atomic E-state index is 0.178. The fourth-order valence-electron chi connectivity index (χ4n) is 2.57. The smallest absolute Gasteiger partial charge is 0.168 e. The van der Waals surface area contributed by atoms with E-state index in [1.165, 1.54) is 25.7 Å². The van der Waals surface area contributed by atoms with E-state index < -0.39 is 0 Å². The van der Waals surface area contributed by atoms with E-state index in [1.807, 2.05) is 32.2 Å². The summed E-state index contributed by atoms with van der Waals surface area (Å²) >= 11 is 0. The first kappa shape index (κ1) is 13.2. The predicted octanol–water partition coefficient (Wildman–Crippen LogP) is 3.86. The lowest BCUT2D eigenvalue weighted by Crippen LogP contribution is -2.23. The van der Waals surface area contributed by atoms with E-state index in [1.54, 1.807) is 0 Å². The number of nitrogens with zero attached hydrogens (tertiary/aromatic N) is 1. The number of pyridine rings is 1. The average Bonchev–Trinajstić information content (AvgIpc) is 2.75. The summed E-state index contributed by atoms with van der Waals surface area (Å²) in [6, 6.07) is 3.90. The van der Waals surface area contributed by atoms with Crippen LogP contribution in [0.3, 0.4) is 0 Å². The normalized spacial score (nSPS) is 18.0. The van der Waals surface area contributed by atoms with Crippen molar-refractivity contribution in [1.29, 1.82) is 0 Å². The predicted molar refractivity (Wildman–Crippen MR) is 75.1 cm³/mol. The molecule has 1 aromatic heterocycles. The van der Waals surface area contributed by atoms with E-state index in [0.29, 0.717) is 5.41 Å². The van der Waals surface area contributed by atoms with Crippen molar-refractivity contribution in [2.24, 2.45) is 5.41 Å². The van der Waals surface area contributed by atoms with Crippen LogP contribution >= 0.6 is 0 Å². The summed E-state index contributed by atoms with van der Waals surface area (Å²) in [7, 11) is 0. The van der Waals surface area contributed by atoms with Gasteiger partial charge in [0, 0.05) is 12.7 Å². The summed E-state index contributed by atoms with van der Waals surface area (Å²) in [5.41, 5.74) is 0.423. The van der Waals surface area contributed by atoms with Crippen LogP contribution in [0, 0.1) is 5.41 Å². The first-order valence-electron chi connectivity index (χ1n) is 6.95. The molecule has 0 radical (unpaired) electrons. The molecule has 1 saturated carbocycles. The van der Waals surface area contributed by atoms with E-state index >= 15 is 0 Å². The molecular weight excluding hydrogens is 224 g/mol. The van der Waals surface area contributed by atoms with Crippen LogP contribution in [0.25, 0.3) is 0 Å². The van der Waals surface area contributed by atoms with E-state index in [-0.39, 0.29) is 6.10 Å². The molecule has 0 amide bonds. The van der Waals surface area contributed by atoms with E-state index in [2.05, 4.69) is 17.2 Å². The number of ether oxygens (including phenoxy) is 1. The maximum atomic E-state index is 5.77. The second-order valence-corrected chi connectivity index (χ2v) is 5.89. The molecule has 0 aromatic carbocycles. The minimum Gasteiger partial charge on any atom is -0.487 e. The monoisotopic (exact) mass is 248 g/mol. The number of hydrogen-bond donors (Lipinski definition) is 1. The highest BCUT2D eigenvalue weighted by atomic mass is 16.5. The Kier molecular flexibility index (Phi) is 4.10. The van der Waals surface area contributed by atoms with Gasteiger partial charge in [-0.25, -0.2) is 4.98 Å². The first-order chi connectivity index (χ1) is 8.59. The average molecular weight is 248 g/mol. The highest BCUT2D eigenvalue weighted by Gasteiger charge is 2.28. The molecule has 0 atom stereocenters. The molecule has 100 valence electrons. The van der Waals surface area contributed by atoms with E-state index in [0.717, 1.165) is 18.1 Å². The van der Waals surface area contributed by atoms with Gasteiger partial charge < -0.3 is 10.1 Å². The summed E-state index contributed by atoms with van der Waals surface area (Å²) in [6.45, 7) is 7.42. The molecule has 0 unspecified atom stereocenters. The van der Waals surface area contributed by atoms with Gasteiger partial charge in [-0.1, -0.05) is 19.8 Å². The van der Waals surface area contributed by atoms with Crippen LogP contribution in [0.15, 0.2) is 18.3 Å². The molecule has 18 heavy (non-hydrogen) atoms. The van der Waals surface area contributed by atoms with Gasteiger partial charge in [0.25, 0.3) is 0 Å². The second-order valence-electron chi connectivity index (χ2n) is 5.89. The molecule has 0 bridgehead atoms. The zero-order valence-electron chi connectivity index (χ0n) is 11.7. The summed E-state index contributed by atoms with van der Waals surface area (Å²) < 4.78 is 5.77. The van der Waals surface area contributed by atoms with Crippen molar-refractivity contribution in [3.8, 4) is 5.75 Å². The summed E-state index contributed by atoms with van der Waals surface area (Å²) in [5, 5.41) is 3.46. The van der Waals surface area contributed by atoms with Gasteiger partial charge in [0.2, 0.25) is 0 Å². The van der Waals surface area contributed by atoms with Crippen molar-refractivity contribution in [2.45, 2.75) is 52.6 Å². The lowest BCUT2D eigenvalue weighted by atomic mass is 9.89. The van der Waals surface area contributed by atoms with Crippen LogP contribution in [-0.4, -0.2) is 17.6 Å². The van der Waals surface area contributed by atoms with Crippen LogP contribution in [0.5, 0.6) is 5.75 Å². The second kappa shape index (κ2) is 5.59. The van der Waals surface area contributed by atoms with Crippen LogP contribution < -0.4 is 10.1 Å². The largest absolute Gasteiger partial charge is 0.487 e. The molecule has 1 aromatic rings. The Labute approximate surface area is 110 Å². The molecule has 3 heteroatoms. The molecule has 1 fully saturated rings. The molecule has 0 spiro atoms. The fourth-order valence-corrected chi connectivity index (χ4v) is 2.57. The zero-order valence-corrected chi connectivity index (χ0v) is 11.7. The van der Waals surface area contributed by atoms with Gasteiger partial charge in [0.15, 0.2) is 11.6 Å². The SMILES string of the molecule is CC(C)Oc1cccnc1NCC1(C)CCCC1. The Hall–Kier alpha value is -1.25. The quantitative estimate of drug-likeness (QED) is 0.859. The van der Waals surface area contributed by atoms with Crippen LogP contribution in [-0.2, 0) is 0 Å². The van der Waals surface area contributed by atoms with Gasteiger partial charge in [0.1, 0.15) is 0 Å². The third-order valence-corrected chi connectivity index (χ3v) is 3.63. The Balaban J connectivity index is 2.00. The van der Waals surface area contributed by atoms with Gasteiger partial charge in [-0.15, -0.1) is 0 Å². The van der Waals surface area contributed by atoms with E-state index in [4.69, 9.17) is 4.74 Å². The molecule has 1 N–H and O–H groups in total. The molecule has 1 heterocycles. The summed E-state index contributed by atoms with van der Waals surface area (Å²) in [4.78, 5) is 4.39. The Morgan fingerprint density at radius 3 is 2.78 bits per heavy atom. The zero-order chi connectivity index (χ0) is 13.0. The van der Waals surface area contributed by atoms with Crippen LogP contribution in [0.4, 0.5) is 5.82 Å². The number of nitrogens with one attached hydrogen (secondary N) is 1. The van der Waals surface area contributed by atoms with E-state index in [9.17, 15) is 0 Å². The Bertz CT molecular complexity index is 384. The number of aromatic nitrogens is 1. The van der Waals surface area contributed by atoms with Gasteiger partial charge in [0.05, 0.1) is 6.10 Å². The molecule has 0 saturated heterocycles. The third-order valence-electron chi connectivity index (χ3n) is 3.63. The van der Waals surface area contributed by atoms with Crippen molar-refractivity contribution in [3.05, 3.63) is 18.3 Å². The molecule has 1 aliphatic rings. The summed E-state index contributed by atoms with van der Waals surface area (Å²) in [6.07, 6.45) is 7.33. The van der Waals surface area contributed by atoms with Gasteiger partial charge in [-0.3, -0.25) is 0 Å². The van der Waals surface area contributed by atoms with Crippen LogP contribution in [0.2, 0.25) is 0 Å². The Morgan fingerprint density at radius 1 is 1.39 bits per heavy atom. The van der Waals surface area contributed by atoms with Crippen molar-refractivity contribution >= 4 is 5.82 Å². The maximum absolute atomic E-state index is 5.77. The maximum Gasteiger partial charge on any atom is 0.168 e. The topological polar surface area (TPSA) is 34.1 Å².